The number of hydrogen-bond donors (Lipinski definition) is 2. The van der Waals surface area contributed by atoms with Crippen molar-refractivity contribution in [2.24, 2.45) is 0 Å². The molecule has 0 unspecified atom stereocenters. The van der Waals surface area contributed by atoms with Gasteiger partial charge in [0.15, 0.2) is 5.65 Å². The second-order valence-electron chi connectivity index (χ2n) is 8.38. The van der Waals surface area contributed by atoms with Crippen LogP contribution in [0.15, 0.2) is 29.1 Å². The molecule has 2 aromatic heterocycles. The number of aryl methyl sites for hydroxylation is 1. The highest BCUT2D eigenvalue weighted by atomic mass is 79.9. The maximum absolute atomic E-state index is 4.55. The lowest BCUT2D eigenvalue weighted by atomic mass is 10.1. The predicted octanol–water partition coefficient (Wildman–Crippen LogP) is 3.26. The number of likely N-dealkylation sites (tertiary alicyclic amines) is 1. The van der Waals surface area contributed by atoms with E-state index in [0.717, 1.165) is 55.1 Å². The Balaban J connectivity index is 1.23. The van der Waals surface area contributed by atoms with Crippen molar-refractivity contribution in [1.82, 2.24) is 25.1 Å². The third-order valence-corrected chi connectivity index (χ3v) is 6.97. The zero-order valence-corrected chi connectivity index (χ0v) is 19.5. The Morgan fingerprint density at radius 3 is 2.61 bits per heavy atom. The van der Waals surface area contributed by atoms with Crippen LogP contribution in [-0.2, 0) is 0 Å². The molecule has 0 radical (unpaired) electrons. The van der Waals surface area contributed by atoms with Crippen LogP contribution in [-0.4, -0.2) is 77.4 Å². The molecule has 1 aromatic carbocycles. The Hall–Kier alpha value is -2.39. The second kappa shape index (κ2) is 9.00. The van der Waals surface area contributed by atoms with Gasteiger partial charge in [-0.2, -0.15) is 5.10 Å². The summed E-state index contributed by atoms with van der Waals surface area (Å²) in [6, 6.07) is 6.78. The SMILES string of the molecule is Cc1ccc(N2CCN(c3ncnc4n[nH]c(Br)c34)CC2)cc1NCCN1CCCC1. The molecule has 0 saturated carbocycles. The van der Waals surface area contributed by atoms with Crippen LogP contribution in [0.5, 0.6) is 0 Å². The van der Waals surface area contributed by atoms with Gasteiger partial charge in [-0.05, 0) is 66.5 Å². The topological polar surface area (TPSA) is 76.2 Å². The van der Waals surface area contributed by atoms with Crippen molar-refractivity contribution < 1.29 is 0 Å². The molecule has 0 aliphatic carbocycles. The lowest BCUT2D eigenvalue weighted by molar-refractivity contribution is 0.352. The first kappa shape index (κ1) is 20.5. The van der Waals surface area contributed by atoms with E-state index >= 15 is 0 Å². The van der Waals surface area contributed by atoms with Crippen LogP contribution in [0.25, 0.3) is 11.0 Å². The van der Waals surface area contributed by atoms with Crippen molar-refractivity contribution in [3.8, 4) is 0 Å². The number of benzene rings is 1. The first-order chi connectivity index (χ1) is 15.2. The molecule has 0 amide bonds. The van der Waals surface area contributed by atoms with Crippen molar-refractivity contribution in [1.29, 1.82) is 0 Å². The standard InChI is InChI=1S/C22H29BrN8/c1-16-4-5-17(14-18(16)24-6-9-29-7-2-3-8-29)30-10-12-31(13-11-30)22-19-20(23)27-28-21(19)25-15-26-22/h4-5,14-15,24H,2-3,6-13H2,1H3,(H,25,26,27,28). The number of aromatic nitrogens is 4. The van der Waals surface area contributed by atoms with Crippen LogP contribution >= 0.6 is 15.9 Å². The van der Waals surface area contributed by atoms with E-state index in [0.29, 0.717) is 5.65 Å². The van der Waals surface area contributed by atoms with Crippen molar-refractivity contribution in [3.63, 3.8) is 0 Å². The van der Waals surface area contributed by atoms with Crippen molar-refractivity contribution in [2.45, 2.75) is 19.8 Å². The molecule has 31 heavy (non-hydrogen) atoms. The van der Waals surface area contributed by atoms with Gasteiger partial charge in [-0.3, -0.25) is 5.10 Å². The number of fused-ring (bicyclic) bond motifs is 1. The molecule has 2 aliphatic rings. The minimum Gasteiger partial charge on any atom is -0.383 e. The molecule has 164 valence electrons. The van der Waals surface area contributed by atoms with Gasteiger partial charge in [-0.1, -0.05) is 6.07 Å². The van der Waals surface area contributed by atoms with Gasteiger partial charge in [0.2, 0.25) is 0 Å². The first-order valence-electron chi connectivity index (χ1n) is 11.1. The highest BCUT2D eigenvalue weighted by Crippen LogP contribution is 2.30. The molecular weight excluding hydrogens is 456 g/mol. The lowest BCUT2D eigenvalue weighted by Gasteiger charge is -2.37. The molecule has 2 aliphatic heterocycles. The van der Waals surface area contributed by atoms with Gasteiger partial charge in [-0.15, -0.1) is 0 Å². The molecule has 2 saturated heterocycles. The number of H-pyrrole nitrogens is 1. The maximum atomic E-state index is 4.55. The number of nitrogens with one attached hydrogen (secondary N) is 2. The molecule has 4 heterocycles. The first-order valence-corrected chi connectivity index (χ1v) is 11.9. The summed E-state index contributed by atoms with van der Waals surface area (Å²) >= 11 is 3.54. The van der Waals surface area contributed by atoms with Crippen LogP contribution in [0.4, 0.5) is 17.2 Å². The summed E-state index contributed by atoms with van der Waals surface area (Å²) < 4.78 is 0.837. The smallest absolute Gasteiger partial charge is 0.187 e. The fraction of sp³-hybridized carbons (Fsp3) is 0.500. The molecule has 0 spiro atoms. The molecule has 5 rings (SSSR count). The van der Waals surface area contributed by atoms with Gasteiger partial charge >= 0.3 is 0 Å². The highest BCUT2D eigenvalue weighted by Gasteiger charge is 2.22. The molecular formula is C22H29BrN8. The van der Waals surface area contributed by atoms with E-state index in [-0.39, 0.29) is 0 Å². The summed E-state index contributed by atoms with van der Waals surface area (Å²) in [6.45, 7) is 10.5. The van der Waals surface area contributed by atoms with Crippen LogP contribution in [0.1, 0.15) is 18.4 Å². The zero-order valence-electron chi connectivity index (χ0n) is 17.9. The van der Waals surface area contributed by atoms with E-state index in [9.17, 15) is 0 Å². The number of halogens is 1. The third-order valence-electron chi connectivity index (χ3n) is 6.39. The summed E-state index contributed by atoms with van der Waals surface area (Å²) in [5.41, 5.74) is 4.53. The number of hydrogen-bond acceptors (Lipinski definition) is 7. The van der Waals surface area contributed by atoms with Crippen LogP contribution in [0, 0.1) is 6.92 Å². The number of anilines is 3. The minimum absolute atomic E-state index is 0.697. The highest BCUT2D eigenvalue weighted by molar-refractivity contribution is 9.10. The van der Waals surface area contributed by atoms with E-state index < -0.39 is 0 Å². The van der Waals surface area contributed by atoms with E-state index in [4.69, 9.17) is 0 Å². The molecule has 2 fully saturated rings. The number of rotatable bonds is 6. The average molecular weight is 485 g/mol. The molecule has 3 aromatic rings. The zero-order chi connectivity index (χ0) is 21.2. The Bertz CT molecular complexity index is 1040. The van der Waals surface area contributed by atoms with E-state index in [1.807, 2.05) is 0 Å². The molecule has 2 N–H and O–H groups in total. The van der Waals surface area contributed by atoms with Gasteiger partial charge in [0.05, 0.1) is 5.39 Å². The van der Waals surface area contributed by atoms with E-state index in [2.05, 4.69) is 81.2 Å². The fourth-order valence-electron chi connectivity index (χ4n) is 4.57. The number of piperazine rings is 1. The third kappa shape index (κ3) is 4.34. The summed E-state index contributed by atoms with van der Waals surface area (Å²) in [4.78, 5) is 16.1. The Labute approximate surface area is 191 Å². The van der Waals surface area contributed by atoms with Gasteiger partial charge < -0.3 is 20.0 Å². The second-order valence-corrected chi connectivity index (χ2v) is 9.18. The molecule has 0 bridgehead atoms. The Morgan fingerprint density at radius 2 is 1.81 bits per heavy atom. The normalized spacial score (nSPS) is 17.6. The Kier molecular flexibility index (Phi) is 5.95. The van der Waals surface area contributed by atoms with Crippen molar-refractivity contribution in [3.05, 3.63) is 34.7 Å². The summed E-state index contributed by atoms with van der Waals surface area (Å²) in [7, 11) is 0. The van der Waals surface area contributed by atoms with Crippen molar-refractivity contribution >= 4 is 44.2 Å². The summed E-state index contributed by atoms with van der Waals surface area (Å²) in [5.74, 6) is 0.943. The van der Waals surface area contributed by atoms with Gasteiger partial charge in [0, 0.05) is 50.6 Å². The fourth-order valence-corrected chi connectivity index (χ4v) is 5.02. The van der Waals surface area contributed by atoms with Crippen LogP contribution in [0.2, 0.25) is 0 Å². The lowest BCUT2D eigenvalue weighted by Crippen LogP contribution is -2.47. The van der Waals surface area contributed by atoms with Crippen LogP contribution in [0.3, 0.4) is 0 Å². The minimum atomic E-state index is 0.697. The quantitative estimate of drug-likeness (QED) is 0.555. The summed E-state index contributed by atoms with van der Waals surface area (Å²) in [6.07, 6.45) is 4.29. The maximum Gasteiger partial charge on any atom is 0.187 e. The largest absolute Gasteiger partial charge is 0.383 e. The van der Waals surface area contributed by atoms with E-state index in [1.165, 1.54) is 42.9 Å². The molecule has 0 atom stereocenters. The molecule has 9 heteroatoms. The predicted molar refractivity (Wildman–Crippen MR) is 129 cm³/mol. The number of aromatic amines is 1. The Morgan fingerprint density at radius 1 is 1.03 bits per heavy atom. The average Bonchev–Trinajstić information content (AvgIpc) is 3.45. The van der Waals surface area contributed by atoms with Crippen LogP contribution < -0.4 is 15.1 Å². The molecule has 8 nitrogen and oxygen atoms in total. The van der Waals surface area contributed by atoms with Gasteiger partial charge in [-0.25, -0.2) is 9.97 Å². The van der Waals surface area contributed by atoms with Gasteiger partial charge in [0.1, 0.15) is 16.7 Å². The summed E-state index contributed by atoms with van der Waals surface area (Å²) in [5, 5.41) is 11.8. The van der Waals surface area contributed by atoms with E-state index in [1.54, 1.807) is 6.33 Å². The monoisotopic (exact) mass is 484 g/mol. The van der Waals surface area contributed by atoms with Gasteiger partial charge in [0.25, 0.3) is 0 Å². The number of nitrogens with zero attached hydrogens (tertiary/aromatic N) is 6. The van der Waals surface area contributed by atoms with Crippen molar-refractivity contribution in [2.75, 3.05) is 67.5 Å².